The molecule has 0 saturated carbocycles. The van der Waals surface area contributed by atoms with Crippen molar-refractivity contribution in [3.05, 3.63) is 61.2 Å². The average molecular weight is 410 g/mol. The van der Waals surface area contributed by atoms with E-state index < -0.39 is 0 Å². The molecule has 5 heterocycles. The van der Waals surface area contributed by atoms with Gasteiger partial charge >= 0.3 is 0 Å². The summed E-state index contributed by atoms with van der Waals surface area (Å²) < 4.78 is 6.18. The lowest BCUT2D eigenvalue weighted by molar-refractivity contribution is 0.162. The van der Waals surface area contributed by atoms with Gasteiger partial charge in [0.1, 0.15) is 17.5 Å². The van der Waals surface area contributed by atoms with E-state index in [0.717, 1.165) is 76.0 Å². The minimum Gasteiger partial charge on any atom is -0.489 e. The molecule has 0 unspecified atom stereocenters. The Kier molecular flexibility index (Phi) is 4.39. The van der Waals surface area contributed by atoms with Crippen molar-refractivity contribution in [2.45, 2.75) is 18.9 Å². The van der Waals surface area contributed by atoms with Crippen molar-refractivity contribution < 1.29 is 4.74 Å². The summed E-state index contributed by atoms with van der Waals surface area (Å²) in [6, 6.07) is 12.5. The standard InChI is InChI=1S/C24H22N6O/c1-2-21-20(24(30-29-21)22-11-16-3-6-26-14-23(16)28-22)10-15(1)17-9-19(13-27-12-17)31-18-4-7-25-8-5-18/h1-3,6,9-14,18,25,28H,4-5,7-8H2,(H,29,30). The molecule has 1 fully saturated rings. The van der Waals surface area contributed by atoms with Crippen molar-refractivity contribution in [1.29, 1.82) is 0 Å². The lowest BCUT2D eigenvalue weighted by Crippen LogP contribution is -2.34. The molecule has 1 aromatic carbocycles. The summed E-state index contributed by atoms with van der Waals surface area (Å²) in [6.07, 6.45) is 9.60. The van der Waals surface area contributed by atoms with E-state index >= 15 is 0 Å². The molecular weight excluding hydrogens is 388 g/mol. The van der Waals surface area contributed by atoms with E-state index in [1.165, 1.54) is 0 Å². The van der Waals surface area contributed by atoms with Gasteiger partial charge in [-0.1, -0.05) is 6.07 Å². The first-order valence-electron chi connectivity index (χ1n) is 10.6. The number of ether oxygens (including phenoxy) is 1. The Balaban J connectivity index is 1.36. The molecule has 5 aromatic rings. The predicted molar refractivity (Wildman–Crippen MR) is 121 cm³/mol. The lowest BCUT2D eigenvalue weighted by atomic mass is 10.0. The zero-order valence-electron chi connectivity index (χ0n) is 16.9. The number of aromatic amines is 2. The molecule has 4 aromatic heterocycles. The van der Waals surface area contributed by atoms with Crippen LogP contribution in [0.15, 0.2) is 61.2 Å². The zero-order chi connectivity index (χ0) is 20.6. The maximum atomic E-state index is 6.18. The van der Waals surface area contributed by atoms with Crippen molar-refractivity contribution in [3.8, 4) is 28.3 Å². The fourth-order valence-corrected chi connectivity index (χ4v) is 4.25. The van der Waals surface area contributed by atoms with Crippen LogP contribution in [-0.4, -0.2) is 44.3 Å². The third-order valence-corrected chi connectivity index (χ3v) is 5.88. The number of fused-ring (bicyclic) bond motifs is 2. The topological polar surface area (TPSA) is 91.5 Å². The number of pyridine rings is 2. The van der Waals surface area contributed by atoms with Gasteiger partial charge in [-0.3, -0.25) is 15.1 Å². The van der Waals surface area contributed by atoms with Crippen LogP contribution in [0.5, 0.6) is 5.75 Å². The summed E-state index contributed by atoms with van der Waals surface area (Å²) in [7, 11) is 0. The van der Waals surface area contributed by atoms with E-state index in [-0.39, 0.29) is 6.10 Å². The molecule has 0 amide bonds. The van der Waals surface area contributed by atoms with E-state index in [1.54, 1.807) is 12.4 Å². The molecule has 1 aliphatic heterocycles. The molecule has 1 saturated heterocycles. The van der Waals surface area contributed by atoms with Crippen LogP contribution in [0.1, 0.15) is 12.8 Å². The number of piperidine rings is 1. The van der Waals surface area contributed by atoms with Crippen LogP contribution in [0.3, 0.4) is 0 Å². The van der Waals surface area contributed by atoms with E-state index in [1.807, 2.05) is 18.5 Å². The van der Waals surface area contributed by atoms with Gasteiger partial charge in [0.25, 0.3) is 0 Å². The van der Waals surface area contributed by atoms with Crippen molar-refractivity contribution in [2.24, 2.45) is 0 Å². The first kappa shape index (κ1) is 18.1. The van der Waals surface area contributed by atoms with Crippen LogP contribution in [0, 0.1) is 0 Å². The summed E-state index contributed by atoms with van der Waals surface area (Å²) in [4.78, 5) is 12.0. The van der Waals surface area contributed by atoms with Crippen LogP contribution in [0.25, 0.3) is 44.3 Å². The van der Waals surface area contributed by atoms with Crippen molar-refractivity contribution in [2.75, 3.05) is 13.1 Å². The average Bonchev–Trinajstić information content (AvgIpc) is 3.43. The van der Waals surface area contributed by atoms with Gasteiger partial charge in [-0.15, -0.1) is 0 Å². The summed E-state index contributed by atoms with van der Waals surface area (Å²) in [5.74, 6) is 0.819. The monoisotopic (exact) mass is 410 g/mol. The third-order valence-electron chi connectivity index (χ3n) is 5.88. The van der Waals surface area contributed by atoms with Crippen LogP contribution in [0.4, 0.5) is 0 Å². The zero-order valence-corrected chi connectivity index (χ0v) is 16.9. The van der Waals surface area contributed by atoms with Gasteiger partial charge in [-0.2, -0.15) is 5.10 Å². The Morgan fingerprint density at radius 3 is 2.71 bits per heavy atom. The molecule has 0 radical (unpaired) electrons. The maximum Gasteiger partial charge on any atom is 0.138 e. The third kappa shape index (κ3) is 3.43. The fourth-order valence-electron chi connectivity index (χ4n) is 4.25. The van der Waals surface area contributed by atoms with E-state index in [9.17, 15) is 0 Å². The minimum absolute atomic E-state index is 0.248. The quantitative estimate of drug-likeness (QED) is 0.411. The highest BCUT2D eigenvalue weighted by Gasteiger charge is 2.16. The molecule has 154 valence electrons. The van der Waals surface area contributed by atoms with Crippen molar-refractivity contribution >= 4 is 21.8 Å². The van der Waals surface area contributed by atoms with E-state index in [4.69, 9.17) is 4.74 Å². The molecule has 3 N–H and O–H groups in total. The molecule has 7 nitrogen and oxygen atoms in total. The normalized spacial score (nSPS) is 15.0. The minimum atomic E-state index is 0.248. The van der Waals surface area contributed by atoms with Crippen LogP contribution in [0.2, 0.25) is 0 Å². The Morgan fingerprint density at radius 1 is 0.871 bits per heavy atom. The van der Waals surface area contributed by atoms with Gasteiger partial charge in [0.05, 0.1) is 29.1 Å². The highest BCUT2D eigenvalue weighted by molar-refractivity contribution is 5.97. The SMILES string of the molecule is c1cc2cc(-c3n[nH]c4ccc(-c5cncc(OC6CCNCC6)c5)cc34)[nH]c2cn1. The summed E-state index contributed by atoms with van der Waals surface area (Å²) in [5.41, 5.74) is 5.95. The summed E-state index contributed by atoms with van der Waals surface area (Å²) >= 11 is 0. The molecule has 0 aliphatic carbocycles. The number of nitrogens with zero attached hydrogens (tertiary/aromatic N) is 3. The Morgan fingerprint density at radius 2 is 1.81 bits per heavy atom. The van der Waals surface area contributed by atoms with Gasteiger partial charge in [-0.05, 0) is 61.8 Å². The Hall–Kier alpha value is -3.71. The first-order chi connectivity index (χ1) is 15.3. The van der Waals surface area contributed by atoms with E-state index in [0.29, 0.717) is 0 Å². The highest BCUT2D eigenvalue weighted by Crippen LogP contribution is 2.32. The largest absolute Gasteiger partial charge is 0.489 e. The molecule has 31 heavy (non-hydrogen) atoms. The second-order valence-electron chi connectivity index (χ2n) is 7.96. The molecular formula is C24H22N6O. The molecule has 0 atom stereocenters. The second kappa shape index (κ2) is 7.52. The number of rotatable bonds is 4. The fraction of sp³-hybridized carbons (Fsp3) is 0.208. The molecule has 1 aliphatic rings. The number of aromatic nitrogens is 5. The number of hydrogen-bond donors (Lipinski definition) is 3. The number of nitrogens with one attached hydrogen (secondary N) is 3. The van der Waals surface area contributed by atoms with Gasteiger partial charge < -0.3 is 15.0 Å². The molecule has 0 spiro atoms. The van der Waals surface area contributed by atoms with Crippen LogP contribution >= 0.6 is 0 Å². The van der Waals surface area contributed by atoms with E-state index in [2.05, 4.69) is 60.8 Å². The van der Waals surface area contributed by atoms with Crippen molar-refractivity contribution in [1.82, 2.24) is 30.5 Å². The Bertz CT molecular complexity index is 1330. The number of H-pyrrole nitrogens is 2. The van der Waals surface area contributed by atoms with Crippen LogP contribution in [-0.2, 0) is 0 Å². The van der Waals surface area contributed by atoms with Gasteiger partial charge in [-0.25, -0.2) is 0 Å². The lowest BCUT2D eigenvalue weighted by Gasteiger charge is -2.23. The smallest absolute Gasteiger partial charge is 0.138 e. The summed E-state index contributed by atoms with van der Waals surface area (Å²) in [6.45, 7) is 2.00. The molecule has 7 heteroatoms. The van der Waals surface area contributed by atoms with Gasteiger partial charge in [0.15, 0.2) is 0 Å². The van der Waals surface area contributed by atoms with Crippen molar-refractivity contribution in [3.63, 3.8) is 0 Å². The van der Waals surface area contributed by atoms with Gasteiger partial charge in [0.2, 0.25) is 0 Å². The molecule has 0 bridgehead atoms. The first-order valence-corrected chi connectivity index (χ1v) is 10.6. The second-order valence-corrected chi connectivity index (χ2v) is 7.96. The highest BCUT2D eigenvalue weighted by atomic mass is 16.5. The maximum absolute atomic E-state index is 6.18. The molecule has 6 rings (SSSR count). The summed E-state index contributed by atoms with van der Waals surface area (Å²) in [5, 5.41) is 13.3. The number of hydrogen-bond acceptors (Lipinski definition) is 5. The Labute approximate surface area is 178 Å². The predicted octanol–water partition coefficient (Wildman–Crippen LogP) is 4.30. The van der Waals surface area contributed by atoms with Gasteiger partial charge in [0, 0.05) is 28.7 Å². The van der Waals surface area contributed by atoms with Crippen LogP contribution < -0.4 is 10.1 Å². The number of benzene rings is 1.